The molecule has 3 rings (SSSR count). The molecule has 1 aliphatic rings. The van der Waals surface area contributed by atoms with Crippen molar-refractivity contribution in [2.75, 3.05) is 13.1 Å². The van der Waals surface area contributed by atoms with E-state index in [-0.39, 0.29) is 18.6 Å². The van der Waals surface area contributed by atoms with Crippen LogP contribution in [0.4, 0.5) is 0 Å². The highest BCUT2D eigenvalue weighted by Gasteiger charge is 2.24. The van der Waals surface area contributed by atoms with Gasteiger partial charge in [0.15, 0.2) is 0 Å². The van der Waals surface area contributed by atoms with Crippen LogP contribution < -0.4 is 0 Å². The highest BCUT2D eigenvalue weighted by Crippen LogP contribution is 2.14. The zero-order valence-corrected chi connectivity index (χ0v) is 9.99. The summed E-state index contributed by atoms with van der Waals surface area (Å²) >= 11 is 0. The van der Waals surface area contributed by atoms with E-state index >= 15 is 0 Å². The molecule has 5 nitrogen and oxygen atoms in total. The third-order valence-corrected chi connectivity index (χ3v) is 3.35. The van der Waals surface area contributed by atoms with E-state index in [1.165, 1.54) is 0 Å². The molecule has 0 aliphatic carbocycles. The van der Waals surface area contributed by atoms with Crippen LogP contribution in [0, 0.1) is 0 Å². The van der Waals surface area contributed by atoms with Gasteiger partial charge in [-0.05, 0) is 18.6 Å². The summed E-state index contributed by atoms with van der Waals surface area (Å²) < 4.78 is 1.85. The second kappa shape index (κ2) is 4.42. The summed E-state index contributed by atoms with van der Waals surface area (Å²) in [4.78, 5) is 18.0. The van der Waals surface area contributed by atoms with Crippen LogP contribution in [-0.2, 0) is 11.3 Å². The zero-order valence-electron chi connectivity index (χ0n) is 9.99. The number of amides is 1. The molecule has 18 heavy (non-hydrogen) atoms. The summed E-state index contributed by atoms with van der Waals surface area (Å²) in [6.07, 6.45) is 2.00. The number of β-amino-alcohol motifs (C(OH)–C–C–N with tert-alkyl or cyclic N) is 1. The number of nitrogens with zero attached hydrogens (tertiary/aromatic N) is 3. The van der Waals surface area contributed by atoms with Crippen molar-refractivity contribution in [1.29, 1.82) is 0 Å². The number of para-hydroxylation sites is 2. The Kier molecular flexibility index (Phi) is 2.76. The molecule has 0 bridgehead atoms. The van der Waals surface area contributed by atoms with Crippen LogP contribution in [-0.4, -0.2) is 44.7 Å². The molecular weight excluding hydrogens is 230 g/mol. The van der Waals surface area contributed by atoms with Crippen molar-refractivity contribution in [3.63, 3.8) is 0 Å². The summed E-state index contributed by atoms with van der Waals surface area (Å²) in [7, 11) is 0. The first-order chi connectivity index (χ1) is 8.74. The molecule has 0 radical (unpaired) electrons. The number of hydrogen-bond acceptors (Lipinski definition) is 3. The topological polar surface area (TPSA) is 58.4 Å². The van der Waals surface area contributed by atoms with Crippen LogP contribution in [0.3, 0.4) is 0 Å². The van der Waals surface area contributed by atoms with Gasteiger partial charge in [-0.1, -0.05) is 12.1 Å². The third kappa shape index (κ3) is 1.97. The number of rotatable bonds is 2. The molecular formula is C13H15N3O2. The molecule has 0 spiro atoms. The molecule has 1 saturated heterocycles. The predicted octanol–water partition coefficient (Wildman–Crippen LogP) is 0.629. The van der Waals surface area contributed by atoms with Crippen LogP contribution in [0.1, 0.15) is 6.42 Å². The minimum absolute atomic E-state index is 0.0368. The van der Waals surface area contributed by atoms with Crippen LogP contribution in [0.2, 0.25) is 0 Å². The molecule has 1 N–H and O–H groups in total. The number of aromatic nitrogens is 2. The first-order valence-electron chi connectivity index (χ1n) is 6.10. The third-order valence-electron chi connectivity index (χ3n) is 3.35. The largest absolute Gasteiger partial charge is 0.391 e. The molecule has 1 unspecified atom stereocenters. The number of fused-ring (bicyclic) bond motifs is 1. The molecule has 1 atom stereocenters. The van der Waals surface area contributed by atoms with E-state index in [2.05, 4.69) is 4.98 Å². The van der Waals surface area contributed by atoms with Crippen molar-refractivity contribution in [3.8, 4) is 0 Å². The molecule has 1 aromatic heterocycles. The van der Waals surface area contributed by atoms with Crippen molar-refractivity contribution in [3.05, 3.63) is 30.6 Å². The number of carbonyl (C=O) groups is 1. The van der Waals surface area contributed by atoms with Gasteiger partial charge >= 0.3 is 0 Å². The fourth-order valence-electron chi connectivity index (χ4n) is 2.35. The zero-order chi connectivity index (χ0) is 12.5. The van der Waals surface area contributed by atoms with E-state index in [0.29, 0.717) is 19.5 Å². The van der Waals surface area contributed by atoms with Gasteiger partial charge < -0.3 is 14.6 Å². The van der Waals surface area contributed by atoms with E-state index < -0.39 is 0 Å². The van der Waals surface area contributed by atoms with Crippen molar-refractivity contribution in [2.45, 2.75) is 19.1 Å². The molecule has 0 saturated carbocycles. The fourth-order valence-corrected chi connectivity index (χ4v) is 2.35. The average Bonchev–Trinajstić information content (AvgIpc) is 2.97. The Hall–Kier alpha value is -1.88. The highest BCUT2D eigenvalue weighted by molar-refractivity contribution is 5.80. The first-order valence-corrected chi connectivity index (χ1v) is 6.10. The van der Waals surface area contributed by atoms with Crippen LogP contribution in [0.25, 0.3) is 11.0 Å². The van der Waals surface area contributed by atoms with Crippen molar-refractivity contribution < 1.29 is 9.90 Å². The van der Waals surface area contributed by atoms with Gasteiger partial charge in [0.2, 0.25) is 5.91 Å². The lowest BCUT2D eigenvalue weighted by Gasteiger charge is -2.15. The Labute approximate surface area is 105 Å². The van der Waals surface area contributed by atoms with E-state index in [1.807, 2.05) is 28.8 Å². The Morgan fingerprint density at radius 3 is 3.06 bits per heavy atom. The Balaban J connectivity index is 1.78. The Bertz CT molecular complexity index is 578. The van der Waals surface area contributed by atoms with Gasteiger partial charge in [-0.25, -0.2) is 4.98 Å². The molecule has 2 heterocycles. The van der Waals surface area contributed by atoms with Gasteiger partial charge in [0, 0.05) is 13.1 Å². The molecule has 94 valence electrons. The molecule has 5 heteroatoms. The Morgan fingerprint density at radius 1 is 1.44 bits per heavy atom. The predicted molar refractivity (Wildman–Crippen MR) is 66.9 cm³/mol. The second-order valence-corrected chi connectivity index (χ2v) is 4.64. The van der Waals surface area contributed by atoms with Crippen LogP contribution in [0.15, 0.2) is 30.6 Å². The lowest BCUT2D eigenvalue weighted by atomic mass is 10.3. The second-order valence-electron chi connectivity index (χ2n) is 4.64. The minimum Gasteiger partial charge on any atom is -0.391 e. The smallest absolute Gasteiger partial charge is 0.242 e. The van der Waals surface area contributed by atoms with E-state index in [9.17, 15) is 9.90 Å². The van der Waals surface area contributed by atoms with E-state index in [1.54, 1.807) is 11.2 Å². The maximum atomic E-state index is 12.1. The number of hydrogen-bond donors (Lipinski definition) is 1. The summed E-state index contributed by atoms with van der Waals surface area (Å²) in [6, 6.07) is 7.74. The fraction of sp³-hybridized carbons (Fsp3) is 0.385. The Morgan fingerprint density at radius 2 is 2.28 bits per heavy atom. The molecule has 2 aromatic rings. The highest BCUT2D eigenvalue weighted by atomic mass is 16.3. The van der Waals surface area contributed by atoms with Gasteiger partial charge in [-0.3, -0.25) is 4.79 Å². The van der Waals surface area contributed by atoms with Gasteiger partial charge in [-0.2, -0.15) is 0 Å². The molecule has 1 aliphatic heterocycles. The van der Waals surface area contributed by atoms with Crippen molar-refractivity contribution in [1.82, 2.24) is 14.5 Å². The number of carbonyl (C=O) groups excluding carboxylic acids is 1. The van der Waals surface area contributed by atoms with E-state index in [0.717, 1.165) is 11.0 Å². The summed E-state index contributed by atoms with van der Waals surface area (Å²) in [6.45, 7) is 1.38. The van der Waals surface area contributed by atoms with Gasteiger partial charge in [0.1, 0.15) is 6.54 Å². The van der Waals surface area contributed by atoms with Gasteiger partial charge in [0.05, 0.1) is 23.5 Å². The average molecular weight is 245 g/mol. The first kappa shape index (κ1) is 11.2. The standard InChI is InChI=1S/C13H15N3O2/c17-10-5-6-15(7-10)13(18)8-16-9-14-11-3-1-2-4-12(11)16/h1-4,9-10,17H,5-8H2. The van der Waals surface area contributed by atoms with Gasteiger partial charge in [0.25, 0.3) is 0 Å². The number of benzene rings is 1. The summed E-state index contributed by atoms with van der Waals surface area (Å²) in [5.74, 6) is 0.0368. The van der Waals surface area contributed by atoms with Crippen LogP contribution >= 0.6 is 0 Å². The SMILES string of the molecule is O=C(Cn1cnc2ccccc21)N1CCC(O)C1. The molecule has 1 fully saturated rings. The lowest BCUT2D eigenvalue weighted by molar-refractivity contribution is -0.131. The van der Waals surface area contributed by atoms with Crippen molar-refractivity contribution in [2.24, 2.45) is 0 Å². The molecule has 1 amide bonds. The quantitative estimate of drug-likeness (QED) is 0.844. The number of aliphatic hydroxyl groups excluding tert-OH is 1. The molecule has 1 aromatic carbocycles. The van der Waals surface area contributed by atoms with Crippen molar-refractivity contribution >= 4 is 16.9 Å². The van der Waals surface area contributed by atoms with Crippen LogP contribution in [0.5, 0.6) is 0 Å². The van der Waals surface area contributed by atoms with Gasteiger partial charge in [-0.15, -0.1) is 0 Å². The monoisotopic (exact) mass is 245 g/mol. The maximum absolute atomic E-state index is 12.1. The number of aliphatic hydroxyl groups is 1. The summed E-state index contributed by atoms with van der Waals surface area (Å²) in [5.41, 5.74) is 1.86. The summed E-state index contributed by atoms with van der Waals surface area (Å²) in [5, 5.41) is 9.43. The minimum atomic E-state index is -0.367. The normalized spacial score (nSPS) is 19.6. The maximum Gasteiger partial charge on any atom is 0.242 e. The number of likely N-dealkylation sites (tertiary alicyclic amines) is 1. The van der Waals surface area contributed by atoms with E-state index in [4.69, 9.17) is 0 Å². The lowest BCUT2D eigenvalue weighted by Crippen LogP contribution is -2.32. The number of imidazole rings is 1.